The Kier molecular flexibility index (Phi) is 3.43. The van der Waals surface area contributed by atoms with Crippen molar-refractivity contribution in [2.45, 2.75) is 32.7 Å². The van der Waals surface area contributed by atoms with E-state index in [0.29, 0.717) is 11.2 Å². The van der Waals surface area contributed by atoms with Gasteiger partial charge in [0.1, 0.15) is 5.15 Å². The quantitative estimate of drug-likeness (QED) is 0.798. The minimum atomic E-state index is 0.216. The maximum atomic E-state index is 5.85. The molecule has 20 heavy (non-hydrogen) atoms. The summed E-state index contributed by atoms with van der Waals surface area (Å²) in [7, 11) is 0. The highest BCUT2D eigenvalue weighted by Crippen LogP contribution is 2.45. The van der Waals surface area contributed by atoms with Gasteiger partial charge in [0.05, 0.1) is 17.9 Å². The summed E-state index contributed by atoms with van der Waals surface area (Å²) in [4.78, 5) is 4.15. The van der Waals surface area contributed by atoms with Crippen LogP contribution >= 0.6 is 11.6 Å². The van der Waals surface area contributed by atoms with Crippen LogP contribution in [-0.4, -0.2) is 4.98 Å². The van der Waals surface area contributed by atoms with Crippen LogP contribution in [0.5, 0.6) is 0 Å². The van der Waals surface area contributed by atoms with Gasteiger partial charge in [-0.2, -0.15) is 0 Å². The van der Waals surface area contributed by atoms with Gasteiger partial charge in [0.2, 0.25) is 0 Å². The fourth-order valence-electron chi connectivity index (χ4n) is 2.97. The molecule has 0 aliphatic heterocycles. The lowest BCUT2D eigenvalue weighted by molar-refractivity contribution is 0.265. The number of aryl methyl sites for hydroxylation is 1. The number of hydrogen-bond donors (Lipinski definition) is 1. The third kappa shape index (κ3) is 2.53. The Balaban J connectivity index is 1.95. The summed E-state index contributed by atoms with van der Waals surface area (Å²) in [6, 6.07) is 12.8. The molecule has 0 radical (unpaired) electrons. The topological polar surface area (TPSA) is 24.9 Å². The van der Waals surface area contributed by atoms with Crippen molar-refractivity contribution in [3.8, 4) is 0 Å². The number of fused-ring (bicyclic) bond motifs is 1. The van der Waals surface area contributed by atoms with Crippen molar-refractivity contribution in [3.05, 3.63) is 58.9 Å². The average Bonchev–Trinajstić information content (AvgIpc) is 2.44. The van der Waals surface area contributed by atoms with E-state index in [-0.39, 0.29) is 5.41 Å². The van der Waals surface area contributed by atoms with Crippen LogP contribution in [0.2, 0.25) is 5.15 Å². The first-order chi connectivity index (χ1) is 9.56. The third-order valence-corrected chi connectivity index (χ3v) is 4.45. The summed E-state index contributed by atoms with van der Waals surface area (Å²) in [6.45, 7) is 4.65. The number of aromatic nitrogens is 1. The van der Waals surface area contributed by atoms with Crippen molar-refractivity contribution >= 4 is 17.3 Å². The zero-order valence-corrected chi connectivity index (χ0v) is 12.6. The molecule has 1 aliphatic rings. The summed E-state index contributed by atoms with van der Waals surface area (Å²) in [5, 5.41) is 4.16. The lowest BCUT2D eigenvalue weighted by Gasteiger charge is -2.41. The number of hydrogen-bond acceptors (Lipinski definition) is 2. The fourth-order valence-corrected chi connectivity index (χ4v) is 3.08. The molecule has 0 fully saturated rings. The maximum Gasteiger partial charge on any atom is 0.129 e. The molecule has 1 aromatic heterocycles. The molecule has 0 saturated heterocycles. The minimum Gasteiger partial charge on any atom is -0.376 e. The minimum absolute atomic E-state index is 0.216. The van der Waals surface area contributed by atoms with E-state index in [4.69, 9.17) is 11.6 Å². The first kappa shape index (κ1) is 13.4. The SMILES string of the molecule is CC1(C)CCc2ccccc2C1Nc1ccc(Cl)nc1. The Labute approximate surface area is 125 Å². The number of nitrogens with zero attached hydrogens (tertiary/aromatic N) is 1. The van der Waals surface area contributed by atoms with E-state index < -0.39 is 0 Å². The van der Waals surface area contributed by atoms with Crippen LogP contribution < -0.4 is 5.32 Å². The van der Waals surface area contributed by atoms with Gasteiger partial charge >= 0.3 is 0 Å². The van der Waals surface area contributed by atoms with Crippen LogP contribution in [-0.2, 0) is 6.42 Å². The predicted octanol–water partition coefficient (Wildman–Crippen LogP) is 4.86. The summed E-state index contributed by atoms with van der Waals surface area (Å²) in [5.74, 6) is 0. The highest BCUT2D eigenvalue weighted by Gasteiger charge is 2.35. The molecular formula is C17H19ClN2. The number of anilines is 1. The van der Waals surface area contributed by atoms with Gasteiger partial charge in [0.15, 0.2) is 0 Å². The van der Waals surface area contributed by atoms with Crippen LogP contribution in [0, 0.1) is 5.41 Å². The van der Waals surface area contributed by atoms with Crippen molar-refractivity contribution in [1.82, 2.24) is 4.98 Å². The lowest BCUT2D eigenvalue weighted by Crippen LogP contribution is -2.33. The van der Waals surface area contributed by atoms with Crippen molar-refractivity contribution in [2.75, 3.05) is 5.32 Å². The molecule has 2 aromatic rings. The van der Waals surface area contributed by atoms with Crippen LogP contribution in [0.1, 0.15) is 37.4 Å². The Morgan fingerprint density at radius 1 is 1.20 bits per heavy atom. The largest absolute Gasteiger partial charge is 0.376 e. The standard InChI is InChI=1S/C17H19ClN2/c1-17(2)10-9-12-5-3-4-6-14(12)16(17)20-13-7-8-15(18)19-11-13/h3-8,11,16,20H,9-10H2,1-2H3. The third-order valence-electron chi connectivity index (χ3n) is 4.22. The van der Waals surface area contributed by atoms with Crippen molar-refractivity contribution in [3.63, 3.8) is 0 Å². The summed E-state index contributed by atoms with van der Waals surface area (Å²) < 4.78 is 0. The maximum absolute atomic E-state index is 5.85. The second-order valence-electron chi connectivity index (χ2n) is 6.13. The highest BCUT2D eigenvalue weighted by atomic mass is 35.5. The van der Waals surface area contributed by atoms with Gasteiger partial charge < -0.3 is 5.32 Å². The van der Waals surface area contributed by atoms with Gasteiger partial charge in [-0.15, -0.1) is 0 Å². The summed E-state index contributed by atoms with van der Waals surface area (Å²) in [6.07, 6.45) is 4.14. The van der Waals surface area contributed by atoms with Crippen LogP contribution in [0.15, 0.2) is 42.6 Å². The number of halogens is 1. The summed E-state index contributed by atoms with van der Waals surface area (Å²) >= 11 is 5.85. The van der Waals surface area contributed by atoms with Gasteiger partial charge in [-0.1, -0.05) is 49.7 Å². The Morgan fingerprint density at radius 3 is 2.75 bits per heavy atom. The van der Waals surface area contributed by atoms with Crippen molar-refractivity contribution in [2.24, 2.45) is 5.41 Å². The van der Waals surface area contributed by atoms with Gasteiger partial charge in [-0.3, -0.25) is 0 Å². The van der Waals surface area contributed by atoms with E-state index in [9.17, 15) is 0 Å². The molecule has 1 unspecified atom stereocenters. The molecule has 1 heterocycles. The lowest BCUT2D eigenvalue weighted by atomic mass is 9.70. The molecule has 1 N–H and O–H groups in total. The Bertz CT molecular complexity index is 605. The van der Waals surface area contributed by atoms with Gasteiger partial charge in [-0.25, -0.2) is 4.98 Å². The average molecular weight is 287 g/mol. The Hall–Kier alpha value is -1.54. The normalized spacial score (nSPS) is 20.2. The molecule has 0 saturated carbocycles. The number of benzene rings is 1. The summed E-state index contributed by atoms with van der Waals surface area (Å²) in [5.41, 5.74) is 4.09. The van der Waals surface area contributed by atoms with E-state index >= 15 is 0 Å². The highest BCUT2D eigenvalue weighted by molar-refractivity contribution is 6.29. The van der Waals surface area contributed by atoms with Gasteiger partial charge in [-0.05, 0) is 41.5 Å². The number of nitrogens with one attached hydrogen (secondary N) is 1. The molecule has 0 amide bonds. The first-order valence-electron chi connectivity index (χ1n) is 7.02. The van der Waals surface area contributed by atoms with Gasteiger partial charge in [0, 0.05) is 0 Å². The van der Waals surface area contributed by atoms with E-state index in [1.165, 1.54) is 17.5 Å². The van der Waals surface area contributed by atoms with Crippen molar-refractivity contribution in [1.29, 1.82) is 0 Å². The predicted molar refractivity (Wildman–Crippen MR) is 84.2 cm³/mol. The molecular weight excluding hydrogens is 268 g/mol. The molecule has 3 heteroatoms. The first-order valence-corrected chi connectivity index (χ1v) is 7.40. The fraction of sp³-hybridized carbons (Fsp3) is 0.353. The monoisotopic (exact) mass is 286 g/mol. The Morgan fingerprint density at radius 2 is 2.00 bits per heavy atom. The molecule has 0 spiro atoms. The van der Waals surface area contributed by atoms with Gasteiger partial charge in [0.25, 0.3) is 0 Å². The number of pyridine rings is 1. The molecule has 2 nitrogen and oxygen atoms in total. The zero-order chi connectivity index (χ0) is 14.2. The van der Waals surface area contributed by atoms with Crippen molar-refractivity contribution < 1.29 is 0 Å². The molecule has 1 atom stereocenters. The molecule has 104 valence electrons. The van der Waals surface area contributed by atoms with Crippen LogP contribution in [0.4, 0.5) is 5.69 Å². The smallest absolute Gasteiger partial charge is 0.129 e. The second-order valence-corrected chi connectivity index (χ2v) is 6.52. The molecule has 1 aromatic carbocycles. The zero-order valence-electron chi connectivity index (χ0n) is 11.9. The van der Waals surface area contributed by atoms with Crippen LogP contribution in [0.3, 0.4) is 0 Å². The molecule has 0 bridgehead atoms. The number of rotatable bonds is 2. The van der Waals surface area contributed by atoms with E-state index in [0.717, 1.165) is 12.1 Å². The molecule has 3 rings (SSSR count). The second kappa shape index (κ2) is 5.10. The van der Waals surface area contributed by atoms with E-state index in [1.54, 1.807) is 6.20 Å². The van der Waals surface area contributed by atoms with Crippen LogP contribution in [0.25, 0.3) is 0 Å². The van der Waals surface area contributed by atoms with E-state index in [2.05, 4.69) is 48.4 Å². The molecule has 1 aliphatic carbocycles. The van der Waals surface area contributed by atoms with E-state index in [1.807, 2.05) is 12.1 Å².